The third-order valence-corrected chi connectivity index (χ3v) is 1.32. The third kappa shape index (κ3) is 12.9. The van der Waals surface area contributed by atoms with Crippen LogP contribution in [0.2, 0.25) is 0 Å². The molecule has 1 N–H and O–H groups in total. The lowest BCUT2D eigenvalue weighted by Gasteiger charge is -2.08. The fourth-order valence-corrected chi connectivity index (χ4v) is 0.691. The van der Waals surface area contributed by atoms with Crippen molar-refractivity contribution in [3.8, 4) is 0 Å². The number of nitrogens with one attached hydrogen (secondary N) is 1. The molecule has 0 rings (SSSR count). The van der Waals surface area contributed by atoms with Gasteiger partial charge in [0, 0.05) is 11.2 Å². The third-order valence-electron chi connectivity index (χ3n) is 1.32. The van der Waals surface area contributed by atoms with Crippen molar-refractivity contribution in [3.05, 3.63) is 0 Å². The van der Waals surface area contributed by atoms with Crippen LogP contribution in [0.5, 0.6) is 0 Å². The van der Waals surface area contributed by atoms with Gasteiger partial charge in [-0.1, -0.05) is 20.8 Å². The molecular weight excluding hydrogens is 242 g/mol. The van der Waals surface area contributed by atoms with E-state index in [2.05, 4.69) is 42.9 Å². The average Bonchev–Trinajstić information content (AvgIpc) is 2.21. The van der Waals surface area contributed by atoms with Gasteiger partial charge in [0.05, 0.1) is 14.2 Å². The fourth-order valence-electron chi connectivity index (χ4n) is 0.691. The molecule has 0 spiro atoms. The molecule has 6 heteroatoms. The van der Waals surface area contributed by atoms with Crippen LogP contribution in [-0.2, 0) is 19.1 Å². The number of carbonyl (C=O) groups excluding carboxylic acids is 2. The topological polar surface area (TPSA) is 76.5 Å². The summed E-state index contributed by atoms with van der Waals surface area (Å²) < 4.78 is 8.88. The summed E-state index contributed by atoms with van der Waals surface area (Å²) in [6.45, 7) is 6.16. The Hall–Kier alpha value is -1.04. The van der Waals surface area contributed by atoms with Crippen molar-refractivity contribution in [1.82, 2.24) is 0 Å². The zero-order valence-electron chi connectivity index (χ0n) is 10.9. The number of methoxy groups -OCH3 is 2. The standard InChI is InChI=1S/C7H11NO4.C4H10S/c1-11-6(9)5(3-4-8)7(10)12-2;1-4(2,3)5/h4-5,8H,3H2,1-2H3;5H,1-3H3. The van der Waals surface area contributed by atoms with Gasteiger partial charge in [-0.15, -0.1) is 0 Å². The highest BCUT2D eigenvalue weighted by Crippen LogP contribution is 2.07. The highest BCUT2D eigenvalue weighted by molar-refractivity contribution is 7.81. The van der Waals surface area contributed by atoms with Crippen molar-refractivity contribution < 1.29 is 19.1 Å². The molecule has 0 aliphatic rings. The molecule has 17 heavy (non-hydrogen) atoms. The summed E-state index contributed by atoms with van der Waals surface area (Å²) in [4.78, 5) is 21.8. The highest BCUT2D eigenvalue weighted by atomic mass is 32.1. The fraction of sp³-hybridized carbons (Fsp3) is 0.727. The Morgan fingerprint density at radius 2 is 1.53 bits per heavy atom. The van der Waals surface area contributed by atoms with Crippen LogP contribution in [0.15, 0.2) is 0 Å². The first kappa shape index (κ1) is 18.3. The van der Waals surface area contributed by atoms with Gasteiger partial charge in [-0.05, 0) is 6.21 Å². The second kappa shape index (κ2) is 9.04. The lowest BCUT2D eigenvalue weighted by Crippen LogP contribution is -2.26. The van der Waals surface area contributed by atoms with Gasteiger partial charge < -0.3 is 14.9 Å². The van der Waals surface area contributed by atoms with Crippen LogP contribution in [0.4, 0.5) is 0 Å². The molecule has 0 aromatic rings. The van der Waals surface area contributed by atoms with Gasteiger partial charge >= 0.3 is 11.9 Å². The van der Waals surface area contributed by atoms with E-state index in [4.69, 9.17) is 5.41 Å². The molecule has 0 aliphatic carbocycles. The predicted molar refractivity (Wildman–Crippen MR) is 69.7 cm³/mol. The van der Waals surface area contributed by atoms with Crippen LogP contribution in [-0.4, -0.2) is 37.1 Å². The van der Waals surface area contributed by atoms with E-state index in [1.807, 2.05) is 0 Å². The largest absolute Gasteiger partial charge is 0.468 e. The van der Waals surface area contributed by atoms with Gasteiger partial charge in [-0.2, -0.15) is 12.6 Å². The highest BCUT2D eigenvalue weighted by Gasteiger charge is 2.27. The molecule has 0 atom stereocenters. The van der Waals surface area contributed by atoms with Crippen molar-refractivity contribution >= 4 is 30.8 Å². The van der Waals surface area contributed by atoms with E-state index in [0.717, 1.165) is 6.21 Å². The molecule has 0 unspecified atom stereocenters. The normalized spacial score (nSPS) is 10.1. The quantitative estimate of drug-likeness (QED) is 0.350. The maximum Gasteiger partial charge on any atom is 0.320 e. The molecule has 0 fully saturated rings. The summed E-state index contributed by atoms with van der Waals surface area (Å²) in [5, 5.41) is 6.73. The van der Waals surface area contributed by atoms with Crippen LogP contribution < -0.4 is 0 Å². The molecule has 0 heterocycles. The molecule has 0 aromatic carbocycles. The van der Waals surface area contributed by atoms with E-state index in [-0.39, 0.29) is 11.2 Å². The molecule has 5 nitrogen and oxygen atoms in total. The molecule has 0 aliphatic heterocycles. The van der Waals surface area contributed by atoms with Gasteiger partial charge in [-0.3, -0.25) is 9.59 Å². The monoisotopic (exact) mass is 263 g/mol. The van der Waals surface area contributed by atoms with Crippen LogP contribution in [0, 0.1) is 11.3 Å². The predicted octanol–water partition coefficient (Wildman–Crippen LogP) is 1.70. The van der Waals surface area contributed by atoms with Crippen LogP contribution in [0.25, 0.3) is 0 Å². The first-order valence-corrected chi connectivity index (χ1v) is 5.49. The minimum absolute atomic E-state index is 0.0132. The molecule has 0 bridgehead atoms. The van der Waals surface area contributed by atoms with E-state index in [9.17, 15) is 9.59 Å². The number of ether oxygens (including phenoxy) is 2. The van der Waals surface area contributed by atoms with Gasteiger partial charge in [-0.25, -0.2) is 0 Å². The van der Waals surface area contributed by atoms with Crippen molar-refractivity contribution in [1.29, 1.82) is 5.41 Å². The van der Waals surface area contributed by atoms with Gasteiger partial charge in [0.15, 0.2) is 5.92 Å². The van der Waals surface area contributed by atoms with Crippen LogP contribution in [0.3, 0.4) is 0 Å². The summed E-state index contributed by atoms with van der Waals surface area (Å²) in [5.74, 6) is -2.35. The van der Waals surface area contributed by atoms with Crippen molar-refractivity contribution in [3.63, 3.8) is 0 Å². The molecule has 0 amide bonds. The van der Waals surface area contributed by atoms with E-state index in [0.29, 0.717) is 0 Å². The SMILES string of the molecule is CC(C)(C)S.COC(=O)C(CC=N)C(=O)OC. The van der Waals surface area contributed by atoms with Crippen molar-refractivity contribution in [2.45, 2.75) is 31.9 Å². The summed E-state index contributed by atoms with van der Waals surface area (Å²) in [7, 11) is 2.37. The first-order chi connectivity index (χ1) is 7.67. The Labute approximate surface area is 108 Å². The zero-order chi connectivity index (χ0) is 14.1. The Bertz CT molecular complexity index is 239. The maximum atomic E-state index is 10.9. The molecule has 100 valence electrons. The zero-order valence-corrected chi connectivity index (χ0v) is 11.8. The molecular formula is C11H21NO4S. The van der Waals surface area contributed by atoms with Gasteiger partial charge in [0.2, 0.25) is 0 Å². The van der Waals surface area contributed by atoms with E-state index >= 15 is 0 Å². The summed E-state index contributed by atoms with van der Waals surface area (Å²) in [5.41, 5.74) is 0. The minimum Gasteiger partial charge on any atom is -0.468 e. The molecule has 0 saturated carbocycles. The molecule has 0 radical (unpaired) electrons. The Morgan fingerprint density at radius 1 is 1.24 bits per heavy atom. The maximum absolute atomic E-state index is 10.9. The smallest absolute Gasteiger partial charge is 0.320 e. The first-order valence-electron chi connectivity index (χ1n) is 5.04. The Balaban J connectivity index is 0. The number of esters is 2. The summed E-state index contributed by atoms with van der Waals surface area (Å²) in [6, 6.07) is 0. The number of thiol groups is 1. The number of carbonyl (C=O) groups is 2. The van der Waals surface area contributed by atoms with E-state index in [1.165, 1.54) is 14.2 Å². The summed E-state index contributed by atoms with van der Waals surface area (Å²) >= 11 is 4.12. The average molecular weight is 263 g/mol. The lowest BCUT2D eigenvalue weighted by molar-refractivity contribution is -0.158. The van der Waals surface area contributed by atoms with Gasteiger partial charge in [0.1, 0.15) is 0 Å². The lowest BCUT2D eigenvalue weighted by atomic mass is 10.1. The minimum atomic E-state index is -1.00. The number of hydrogen-bond donors (Lipinski definition) is 2. The van der Waals surface area contributed by atoms with E-state index < -0.39 is 17.9 Å². The van der Waals surface area contributed by atoms with Crippen LogP contribution >= 0.6 is 12.6 Å². The van der Waals surface area contributed by atoms with E-state index in [1.54, 1.807) is 0 Å². The number of rotatable bonds is 4. The van der Waals surface area contributed by atoms with Crippen molar-refractivity contribution in [2.24, 2.45) is 5.92 Å². The van der Waals surface area contributed by atoms with Gasteiger partial charge in [0.25, 0.3) is 0 Å². The molecule has 0 aromatic heterocycles. The summed E-state index contributed by atoms with van der Waals surface area (Å²) in [6.07, 6.45) is 0.984. The Kier molecular flexibility index (Phi) is 9.74. The molecule has 0 saturated heterocycles. The second-order valence-corrected chi connectivity index (χ2v) is 5.55. The Morgan fingerprint density at radius 3 is 1.71 bits per heavy atom. The number of hydrogen-bond acceptors (Lipinski definition) is 6. The second-order valence-electron chi connectivity index (χ2n) is 4.21. The van der Waals surface area contributed by atoms with Crippen molar-refractivity contribution in [2.75, 3.05) is 14.2 Å². The van der Waals surface area contributed by atoms with Crippen LogP contribution in [0.1, 0.15) is 27.2 Å².